The molecule has 0 bridgehead atoms. The van der Waals surface area contributed by atoms with Gasteiger partial charge in [0.2, 0.25) is 5.91 Å². The van der Waals surface area contributed by atoms with Crippen LogP contribution in [0.2, 0.25) is 5.02 Å². The first-order valence-corrected chi connectivity index (χ1v) is 11.5. The molecule has 0 fully saturated rings. The van der Waals surface area contributed by atoms with Crippen LogP contribution in [0, 0.1) is 0 Å². The Labute approximate surface area is 197 Å². The molecule has 8 nitrogen and oxygen atoms in total. The van der Waals surface area contributed by atoms with E-state index in [9.17, 15) is 13.2 Å². The lowest BCUT2D eigenvalue weighted by molar-refractivity contribution is -0.114. The minimum absolute atomic E-state index is 0.0156. The number of amides is 1. The van der Waals surface area contributed by atoms with Gasteiger partial charge in [0.1, 0.15) is 23.8 Å². The monoisotopic (exact) mass is 490 g/mol. The molecular weight excluding hydrogens is 468 g/mol. The van der Waals surface area contributed by atoms with Crippen molar-refractivity contribution in [2.75, 3.05) is 37.5 Å². The Morgan fingerprint density at radius 3 is 2.24 bits per heavy atom. The van der Waals surface area contributed by atoms with Crippen molar-refractivity contribution in [3.63, 3.8) is 0 Å². The van der Waals surface area contributed by atoms with Gasteiger partial charge in [-0.1, -0.05) is 29.8 Å². The second-order valence-electron chi connectivity index (χ2n) is 6.76. The number of halogens is 1. The molecule has 0 aliphatic heterocycles. The molecule has 0 unspecified atom stereocenters. The molecule has 3 aromatic rings. The Hall–Kier alpha value is -3.43. The van der Waals surface area contributed by atoms with Gasteiger partial charge >= 0.3 is 0 Å². The minimum Gasteiger partial charge on any atom is -0.497 e. The molecule has 0 spiro atoms. The summed E-state index contributed by atoms with van der Waals surface area (Å²) in [6, 6.07) is 17.2. The highest BCUT2D eigenvalue weighted by atomic mass is 35.5. The van der Waals surface area contributed by atoms with Crippen LogP contribution in [0.4, 0.5) is 11.4 Å². The molecule has 0 heterocycles. The van der Waals surface area contributed by atoms with Crippen molar-refractivity contribution in [1.82, 2.24) is 0 Å². The van der Waals surface area contributed by atoms with Gasteiger partial charge in [-0.3, -0.25) is 9.10 Å². The molecule has 0 saturated heterocycles. The van der Waals surface area contributed by atoms with E-state index in [0.29, 0.717) is 17.2 Å². The molecule has 0 aliphatic rings. The maximum absolute atomic E-state index is 13.5. The van der Waals surface area contributed by atoms with Crippen molar-refractivity contribution < 1.29 is 27.4 Å². The van der Waals surface area contributed by atoms with Crippen molar-refractivity contribution in [2.45, 2.75) is 4.90 Å². The zero-order chi connectivity index (χ0) is 24.0. The summed E-state index contributed by atoms with van der Waals surface area (Å²) < 4.78 is 43.8. The molecular formula is C23H23ClN2O6S. The van der Waals surface area contributed by atoms with E-state index >= 15 is 0 Å². The lowest BCUT2D eigenvalue weighted by atomic mass is 10.2. The number of hydrogen-bond acceptors (Lipinski definition) is 6. The first-order valence-electron chi connectivity index (χ1n) is 9.73. The molecule has 10 heteroatoms. The second kappa shape index (κ2) is 10.5. The van der Waals surface area contributed by atoms with Gasteiger partial charge in [0.15, 0.2) is 0 Å². The molecule has 3 rings (SSSR count). The van der Waals surface area contributed by atoms with E-state index in [4.69, 9.17) is 25.8 Å². The van der Waals surface area contributed by atoms with Gasteiger partial charge in [0.25, 0.3) is 10.0 Å². The average molecular weight is 491 g/mol. The fraction of sp³-hybridized carbons (Fsp3) is 0.174. The first-order chi connectivity index (χ1) is 15.8. The van der Waals surface area contributed by atoms with Gasteiger partial charge in [-0.2, -0.15) is 0 Å². The molecule has 174 valence electrons. The number of carbonyl (C=O) groups is 1. The predicted octanol–water partition coefficient (Wildman–Crippen LogP) is 4.20. The van der Waals surface area contributed by atoms with E-state index < -0.39 is 22.5 Å². The fourth-order valence-corrected chi connectivity index (χ4v) is 4.71. The Bertz CT molecular complexity index is 1230. The fourth-order valence-electron chi connectivity index (χ4n) is 3.10. The highest BCUT2D eigenvalue weighted by Gasteiger charge is 2.30. The van der Waals surface area contributed by atoms with Crippen LogP contribution in [0.3, 0.4) is 0 Å². The van der Waals surface area contributed by atoms with Gasteiger partial charge < -0.3 is 19.5 Å². The van der Waals surface area contributed by atoms with E-state index in [-0.39, 0.29) is 21.4 Å². The highest BCUT2D eigenvalue weighted by molar-refractivity contribution is 7.92. The molecule has 33 heavy (non-hydrogen) atoms. The minimum atomic E-state index is -4.13. The quantitative estimate of drug-likeness (QED) is 0.483. The Balaban J connectivity index is 2.01. The molecule has 0 saturated carbocycles. The average Bonchev–Trinajstić information content (AvgIpc) is 2.83. The molecule has 0 radical (unpaired) electrons. The number of sulfonamides is 1. The lowest BCUT2D eigenvalue weighted by Gasteiger charge is -2.26. The van der Waals surface area contributed by atoms with Crippen molar-refractivity contribution in [2.24, 2.45) is 0 Å². The summed E-state index contributed by atoms with van der Waals surface area (Å²) in [6.45, 7) is -0.539. The number of rotatable bonds is 9. The summed E-state index contributed by atoms with van der Waals surface area (Å²) in [5.74, 6) is 0.552. The number of methoxy groups -OCH3 is 3. The normalized spacial score (nSPS) is 10.9. The maximum Gasteiger partial charge on any atom is 0.264 e. The first kappa shape index (κ1) is 24.2. The van der Waals surface area contributed by atoms with E-state index in [1.54, 1.807) is 42.5 Å². The largest absolute Gasteiger partial charge is 0.497 e. The van der Waals surface area contributed by atoms with Crippen LogP contribution in [-0.4, -0.2) is 42.2 Å². The number of carbonyl (C=O) groups excluding carboxylic acids is 1. The van der Waals surface area contributed by atoms with Crippen LogP contribution in [0.5, 0.6) is 17.2 Å². The summed E-state index contributed by atoms with van der Waals surface area (Å²) >= 11 is 6.14. The highest BCUT2D eigenvalue weighted by Crippen LogP contribution is 2.35. The zero-order valence-corrected chi connectivity index (χ0v) is 19.8. The summed E-state index contributed by atoms with van der Waals surface area (Å²) in [7, 11) is 0.234. The summed E-state index contributed by atoms with van der Waals surface area (Å²) in [6.07, 6.45) is 0. The van der Waals surface area contributed by atoms with Crippen molar-refractivity contribution in [1.29, 1.82) is 0 Å². The lowest BCUT2D eigenvalue weighted by Crippen LogP contribution is -2.38. The molecule has 1 N–H and O–H groups in total. The maximum atomic E-state index is 13.5. The van der Waals surface area contributed by atoms with Gasteiger partial charge in [-0.25, -0.2) is 8.42 Å². The number of benzene rings is 3. The summed E-state index contributed by atoms with van der Waals surface area (Å²) in [5.41, 5.74) is 0.490. The SMILES string of the molecule is COc1ccc(NC(=O)CN(c2cc(Cl)ccc2OC)S(=O)(=O)c2ccccc2)c(OC)c1. The van der Waals surface area contributed by atoms with E-state index in [1.165, 1.54) is 45.6 Å². The van der Waals surface area contributed by atoms with Crippen LogP contribution in [0.15, 0.2) is 71.6 Å². The van der Waals surface area contributed by atoms with E-state index in [1.807, 2.05) is 0 Å². The number of hydrogen-bond donors (Lipinski definition) is 1. The van der Waals surface area contributed by atoms with Gasteiger partial charge in [0.05, 0.1) is 37.6 Å². The van der Waals surface area contributed by atoms with Crippen LogP contribution in [0.1, 0.15) is 0 Å². The van der Waals surface area contributed by atoms with Crippen molar-refractivity contribution in [3.8, 4) is 17.2 Å². The third-order valence-corrected chi connectivity index (χ3v) is 6.72. The van der Waals surface area contributed by atoms with Crippen molar-refractivity contribution >= 4 is 38.9 Å². The standard InChI is InChI=1S/C23H23ClN2O6S/c1-30-17-10-11-19(22(14-17)32-3)25-23(27)15-26(20-13-16(24)9-12-21(20)31-2)33(28,29)18-7-5-4-6-8-18/h4-14H,15H2,1-3H3,(H,25,27). The third-order valence-electron chi connectivity index (χ3n) is 4.71. The summed E-state index contributed by atoms with van der Waals surface area (Å²) in [5, 5.41) is 2.98. The second-order valence-corrected chi connectivity index (χ2v) is 9.05. The van der Waals surface area contributed by atoms with E-state index in [0.717, 1.165) is 4.31 Å². The number of anilines is 2. The number of ether oxygens (including phenoxy) is 3. The number of nitrogens with zero attached hydrogens (tertiary/aromatic N) is 1. The molecule has 0 aromatic heterocycles. The Morgan fingerprint density at radius 2 is 1.61 bits per heavy atom. The predicted molar refractivity (Wildman–Crippen MR) is 127 cm³/mol. The molecule has 0 aliphatic carbocycles. The van der Waals surface area contributed by atoms with Crippen LogP contribution in [-0.2, 0) is 14.8 Å². The van der Waals surface area contributed by atoms with E-state index in [2.05, 4.69) is 5.32 Å². The van der Waals surface area contributed by atoms with Crippen LogP contribution >= 0.6 is 11.6 Å². The Morgan fingerprint density at radius 1 is 0.909 bits per heavy atom. The van der Waals surface area contributed by atoms with Gasteiger partial charge in [-0.05, 0) is 42.5 Å². The molecule has 3 aromatic carbocycles. The Kier molecular flexibility index (Phi) is 7.67. The molecule has 1 amide bonds. The molecule has 0 atom stereocenters. The van der Waals surface area contributed by atoms with Gasteiger partial charge in [-0.15, -0.1) is 0 Å². The van der Waals surface area contributed by atoms with Crippen LogP contribution in [0.25, 0.3) is 0 Å². The topological polar surface area (TPSA) is 94.2 Å². The summed E-state index contributed by atoms with van der Waals surface area (Å²) in [4.78, 5) is 13.0. The van der Waals surface area contributed by atoms with Gasteiger partial charge in [0, 0.05) is 11.1 Å². The third kappa shape index (κ3) is 5.50. The smallest absolute Gasteiger partial charge is 0.264 e. The van der Waals surface area contributed by atoms with Crippen LogP contribution < -0.4 is 23.8 Å². The zero-order valence-electron chi connectivity index (χ0n) is 18.2. The van der Waals surface area contributed by atoms with Crippen molar-refractivity contribution in [3.05, 3.63) is 71.8 Å². The number of nitrogens with one attached hydrogen (secondary N) is 1.